The van der Waals surface area contributed by atoms with Gasteiger partial charge in [0.2, 0.25) is 0 Å². The molecule has 22 heavy (non-hydrogen) atoms. The molecule has 1 N–H and O–H groups in total. The maximum absolute atomic E-state index is 12.2. The van der Waals surface area contributed by atoms with E-state index >= 15 is 0 Å². The second-order valence-corrected chi connectivity index (χ2v) is 4.81. The summed E-state index contributed by atoms with van der Waals surface area (Å²) in [6.07, 6.45) is 1.45. The van der Waals surface area contributed by atoms with Crippen LogP contribution in [0.5, 0.6) is 5.75 Å². The normalized spacial score (nSPS) is 10.7. The van der Waals surface area contributed by atoms with E-state index in [1.54, 1.807) is 42.5 Å². The van der Waals surface area contributed by atoms with Crippen molar-refractivity contribution in [3.63, 3.8) is 0 Å². The van der Waals surface area contributed by atoms with Gasteiger partial charge in [0.25, 0.3) is 5.91 Å². The van der Waals surface area contributed by atoms with E-state index in [0.29, 0.717) is 22.0 Å². The highest BCUT2D eigenvalue weighted by Crippen LogP contribution is 2.25. The lowest BCUT2D eigenvalue weighted by Crippen LogP contribution is -2.13. The van der Waals surface area contributed by atoms with Crippen LogP contribution in [-0.4, -0.2) is 13.0 Å². The number of methoxy groups -OCH3 is 1. The molecule has 0 bridgehead atoms. The van der Waals surface area contributed by atoms with Crippen molar-refractivity contribution >= 4 is 29.3 Å². The van der Waals surface area contributed by atoms with Gasteiger partial charge in [-0.05, 0) is 36.4 Å². The van der Waals surface area contributed by atoms with E-state index in [1.807, 2.05) is 12.1 Å². The summed E-state index contributed by atoms with van der Waals surface area (Å²) >= 11 is 5.94. The largest absolute Gasteiger partial charge is 0.496 e. The van der Waals surface area contributed by atoms with Gasteiger partial charge in [0, 0.05) is 16.3 Å². The number of benzene rings is 2. The Morgan fingerprint density at radius 1 is 1.27 bits per heavy atom. The van der Waals surface area contributed by atoms with Gasteiger partial charge in [-0.15, -0.1) is 0 Å². The Morgan fingerprint density at radius 2 is 2.00 bits per heavy atom. The number of hydrogen-bond donors (Lipinski definition) is 1. The van der Waals surface area contributed by atoms with Crippen molar-refractivity contribution in [3.8, 4) is 11.8 Å². The minimum atomic E-state index is -0.490. The first-order chi connectivity index (χ1) is 10.6. The zero-order valence-electron chi connectivity index (χ0n) is 11.8. The first kappa shape index (κ1) is 15.6. The molecule has 0 aliphatic heterocycles. The number of rotatable bonds is 4. The average Bonchev–Trinajstić information content (AvgIpc) is 2.53. The average molecular weight is 313 g/mol. The highest BCUT2D eigenvalue weighted by atomic mass is 35.5. The number of para-hydroxylation sites is 1. The Morgan fingerprint density at radius 3 is 2.64 bits per heavy atom. The van der Waals surface area contributed by atoms with E-state index in [2.05, 4.69) is 5.32 Å². The fraction of sp³-hybridized carbons (Fsp3) is 0.0588. The molecule has 0 saturated carbocycles. The summed E-state index contributed by atoms with van der Waals surface area (Å²) in [5, 5.41) is 12.4. The summed E-state index contributed by atoms with van der Waals surface area (Å²) in [5.41, 5.74) is 1.14. The number of ether oxygens (including phenoxy) is 1. The van der Waals surface area contributed by atoms with Gasteiger partial charge in [-0.2, -0.15) is 5.26 Å². The quantitative estimate of drug-likeness (QED) is 0.688. The number of carbonyl (C=O) groups is 1. The molecule has 0 radical (unpaired) electrons. The van der Waals surface area contributed by atoms with Crippen molar-refractivity contribution in [3.05, 3.63) is 64.7 Å². The number of halogens is 1. The third-order valence-electron chi connectivity index (χ3n) is 2.89. The molecule has 0 spiro atoms. The minimum absolute atomic E-state index is 0.0376. The number of nitriles is 1. The van der Waals surface area contributed by atoms with E-state index in [1.165, 1.54) is 13.2 Å². The van der Waals surface area contributed by atoms with Crippen molar-refractivity contribution < 1.29 is 9.53 Å². The summed E-state index contributed by atoms with van der Waals surface area (Å²) < 4.78 is 5.20. The smallest absolute Gasteiger partial charge is 0.266 e. The Kier molecular flexibility index (Phi) is 5.18. The van der Waals surface area contributed by atoms with Gasteiger partial charge in [-0.3, -0.25) is 4.79 Å². The van der Waals surface area contributed by atoms with E-state index < -0.39 is 5.91 Å². The maximum atomic E-state index is 12.2. The molecule has 2 rings (SSSR count). The maximum Gasteiger partial charge on any atom is 0.266 e. The molecular formula is C17H13ClN2O2. The van der Waals surface area contributed by atoms with Gasteiger partial charge in [0.15, 0.2) is 0 Å². The standard InChI is InChI=1S/C17H13ClN2O2/c1-22-16-8-7-14(18)10-12(16)9-13(11-19)17(21)20-15-5-3-2-4-6-15/h2-10H,1H3,(H,20,21)/b13-9+. The van der Waals surface area contributed by atoms with Gasteiger partial charge < -0.3 is 10.1 Å². The summed E-state index contributed by atoms with van der Waals surface area (Å²) in [4.78, 5) is 12.2. The second-order valence-electron chi connectivity index (χ2n) is 4.38. The van der Waals surface area contributed by atoms with Crippen LogP contribution in [0.2, 0.25) is 5.02 Å². The highest BCUT2D eigenvalue weighted by Gasteiger charge is 2.11. The fourth-order valence-corrected chi connectivity index (χ4v) is 2.02. The molecule has 5 heteroatoms. The van der Waals surface area contributed by atoms with Crippen LogP contribution in [0, 0.1) is 11.3 Å². The van der Waals surface area contributed by atoms with Crippen LogP contribution in [0.25, 0.3) is 6.08 Å². The fourth-order valence-electron chi connectivity index (χ4n) is 1.84. The molecule has 0 atom stereocenters. The number of carbonyl (C=O) groups excluding carboxylic acids is 1. The van der Waals surface area contributed by atoms with Crippen molar-refractivity contribution in [2.75, 3.05) is 12.4 Å². The molecule has 110 valence electrons. The van der Waals surface area contributed by atoms with Gasteiger partial charge in [-0.1, -0.05) is 29.8 Å². The number of hydrogen-bond acceptors (Lipinski definition) is 3. The van der Waals surface area contributed by atoms with Crippen LogP contribution in [0.4, 0.5) is 5.69 Å². The molecule has 4 nitrogen and oxygen atoms in total. The topological polar surface area (TPSA) is 62.1 Å². The summed E-state index contributed by atoms with van der Waals surface area (Å²) in [5.74, 6) is 0.0420. The molecule has 1 amide bonds. The lowest BCUT2D eigenvalue weighted by molar-refractivity contribution is -0.112. The summed E-state index contributed by atoms with van der Waals surface area (Å²) in [6, 6.07) is 15.8. The lowest BCUT2D eigenvalue weighted by atomic mass is 10.1. The molecule has 0 fully saturated rings. The first-order valence-corrected chi connectivity index (χ1v) is 6.83. The number of amides is 1. The number of nitrogens with zero attached hydrogens (tertiary/aromatic N) is 1. The monoisotopic (exact) mass is 312 g/mol. The first-order valence-electron chi connectivity index (χ1n) is 6.46. The van der Waals surface area contributed by atoms with Crippen molar-refractivity contribution in [2.24, 2.45) is 0 Å². The van der Waals surface area contributed by atoms with Gasteiger partial charge in [0.05, 0.1) is 7.11 Å². The summed E-state index contributed by atoms with van der Waals surface area (Å²) in [7, 11) is 1.51. The molecule has 0 aromatic heterocycles. The van der Waals surface area contributed by atoms with Crippen LogP contribution in [0.3, 0.4) is 0 Å². The molecule has 0 saturated heterocycles. The molecule has 0 aliphatic rings. The second kappa shape index (κ2) is 7.30. The Balaban J connectivity index is 2.30. The third-order valence-corrected chi connectivity index (χ3v) is 3.12. The molecule has 2 aromatic rings. The van der Waals surface area contributed by atoms with Gasteiger partial charge >= 0.3 is 0 Å². The van der Waals surface area contributed by atoms with Crippen LogP contribution in [-0.2, 0) is 4.79 Å². The van der Waals surface area contributed by atoms with Crippen molar-refractivity contribution in [2.45, 2.75) is 0 Å². The predicted octanol–water partition coefficient (Wildman–Crippen LogP) is 3.89. The molecule has 2 aromatic carbocycles. The van der Waals surface area contributed by atoms with E-state index in [4.69, 9.17) is 16.3 Å². The van der Waals surface area contributed by atoms with Crippen LogP contribution < -0.4 is 10.1 Å². The summed E-state index contributed by atoms with van der Waals surface area (Å²) in [6.45, 7) is 0. The van der Waals surface area contributed by atoms with Crippen molar-refractivity contribution in [1.82, 2.24) is 0 Å². The van der Waals surface area contributed by atoms with E-state index in [9.17, 15) is 10.1 Å². The number of anilines is 1. The van der Waals surface area contributed by atoms with Crippen LogP contribution in [0.15, 0.2) is 54.1 Å². The highest BCUT2D eigenvalue weighted by molar-refractivity contribution is 6.30. The lowest BCUT2D eigenvalue weighted by Gasteiger charge is -2.07. The van der Waals surface area contributed by atoms with Gasteiger partial charge in [0.1, 0.15) is 17.4 Å². The zero-order chi connectivity index (χ0) is 15.9. The third kappa shape index (κ3) is 3.87. The van der Waals surface area contributed by atoms with Crippen LogP contribution in [0.1, 0.15) is 5.56 Å². The zero-order valence-corrected chi connectivity index (χ0v) is 12.6. The van der Waals surface area contributed by atoms with Crippen LogP contribution >= 0.6 is 11.6 Å². The SMILES string of the molecule is COc1ccc(Cl)cc1/C=C(\C#N)C(=O)Nc1ccccc1. The van der Waals surface area contributed by atoms with E-state index in [-0.39, 0.29) is 5.57 Å². The Hall–Kier alpha value is -2.77. The van der Waals surface area contributed by atoms with Gasteiger partial charge in [-0.25, -0.2) is 0 Å². The van der Waals surface area contributed by atoms with Crippen molar-refractivity contribution in [1.29, 1.82) is 5.26 Å². The molecular weight excluding hydrogens is 300 g/mol. The van der Waals surface area contributed by atoms with E-state index in [0.717, 1.165) is 0 Å². The minimum Gasteiger partial charge on any atom is -0.496 e. The predicted molar refractivity (Wildman–Crippen MR) is 86.7 cm³/mol. The molecule has 0 heterocycles. The Labute approximate surface area is 133 Å². The molecule has 0 unspecified atom stereocenters. The molecule has 0 aliphatic carbocycles. The number of nitrogens with one attached hydrogen (secondary N) is 1. The Bertz CT molecular complexity index is 749.